The zero-order valence-corrected chi connectivity index (χ0v) is 15.9. The summed E-state index contributed by atoms with van der Waals surface area (Å²) in [6.07, 6.45) is -0.150. The molecule has 0 saturated heterocycles. The summed E-state index contributed by atoms with van der Waals surface area (Å²) in [7, 11) is 1.54. The molecule has 0 spiro atoms. The van der Waals surface area contributed by atoms with Gasteiger partial charge in [0.1, 0.15) is 11.9 Å². The highest BCUT2D eigenvalue weighted by Crippen LogP contribution is 2.41. The molecule has 1 aliphatic rings. The van der Waals surface area contributed by atoms with Gasteiger partial charge in [-0.2, -0.15) is 0 Å². The van der Waals surface area contributed by atoms with Crippen molar-refractivity contribution in [2.75, 3.05) is 12.0 Å². The van der Waals surface area contributed by atoms with E-state index >= 15 is 0 Å². The van der Waals surface area contributed by atoms with Gasteiger partial charge in [-0.3, -0.25) is 4.90 Å². The third kappa shape index (κ3) is 3.52. The van der Waals surface area contributed by atoms with E-state index in [9.17, 15) is 9.59 Å². The molecule has 3 aromatic rings. The number of hydrogen-bond donors (Lipinski definition) is 1. The minimum absolute atomic E-state index is 0.395. The van der Waals surface area contributed by atoms with Crippen LogP contribution < -0.4 is 15.4 Å². The number of anilines is 2. The molecular formula is C23H20N2O4. The van der Waals surface area contributed by atoms with Crippen molar-refractivity contribution in [3.8, 4) is 5.75 Å². The van der Waals surface area contributed by atoms with Gasteiger partial charge in [-0.25, -0.2) is 9.59 Å². The normalized spacial score (nSPS) is 14.9. The van der Waals surface area contributed by atoms with Gasteiger partial charge in [0.15, 0.2) is 0 Å². The van der Waals surface area contributed by atoms with E-state index in [2.05, 4.69) is 0 Å². The molecule has 1 unspecified atom stereocenters. The molecular weight excluding hydrogens is 368 g/mol. The van der Waals surface area contributed by atoms with Gasteiger partial charge in [-0.15, -0.1) is 0 Å². The van der Waals surface area contributed by atoms with Crippen molar-refractivity contribution < 1.29 is 19.1 Å². The van der Waals surface area contributed by atoms with E-state index in [4.69, 9.17) is 15.2 Å². The van der Waals surface area contributed by atoms with Crippen LogP contribution in [0.15, 0.2) is 72.8 Å². The smallest absolute Gasteiger partial charge is 0.338 e. The number of hydrogen-bond acceptors (Lipinski definition) is 4. The average Bonchev–Trinajstić information content (AvgIpc) is 2.88. The SMILES string of the molecule is COc1cccc(C(=O)OC2Cc3ccccc3N(C(N)=O)c3ccccc32)c1. The number of urea groups is 1. The summed E-state index contributed by atoms with van der Waals surface area (Å²) >= 11 is 0. The molecule has 2 N–H and O–H groups in total. The van der Waals surface area contributed by atoms with E-state index in [0.29, 0.717) is 29.1 Å². The molecule has 4 rings (SSSR count). The van der Waals surface area contributed by atoms with Gasteiger partial charge >= 0.3 is 12.0 Å². The minimum atomic E-state index is -0.593. The average molecular weight is 388 g/mol. The number of carbonyl (C=O) groups is 2. The van der Waals surface area contributed by atoms with Crippen molar-refractivity contribution in [2.24, 2.45) is 5.73 Å². The lowest BCUT2D eigenvalue weighted by molar-refractivity contribution is 0.0300. The first kappa shape index (κ1) is 18.6. The fraction of sp³-hybridized carbons (Fsp3) is 0.130. The Labute approximate surface area is 168 Å². The van der Waals surface area contributed by atoms with Crippen LogP contribution in [0.25, 0.3) is 0 Å². The molecule has 29 heavy (non-hydrogen) atoms. The maximum atomic E-state index is 12.8. The van der Waals surface area contributed by atoms with Gasteiger partial charge in [0.2, 0.25) is 0 Å². The van der Waals surface area contributed by atoms with Gasteiger partial charge in [-0.05, 0) is 35.9 Å². The van der Waals surface area contributed by atoms with E-state index in [1.54, 1.807) is 37.4 Å². The molecule has 146 valence electrons. The molecule has 3 aromatic carbocycles. The molecule has 6 nitrogen and oxygen atoms in total. The van der Waals surface area contributed by atoms with Crippen LogP contribution in [0.1, 0.15) is 27.6 Å². The lowest BCUT2D eigenvalue weighted by Crippen LogP contribution is -2.32. The summed E-state index contributed by atoms with van der Waals surface area (Å²) in [5.74, 6) is 0.111. The summed E-state index contributed by atoms with van der Waals surface area (Å²) in [5, 5.41) is 0. The molecule has 0 radical (unpaired) electrons. The summed E-state index contributed by atoms with van der Waals surface area (Å²) < 4.78 is 11.1. The van der Waals surface area contributed by atoms with Crippen LogP contribution in [0.2, 0.25) is 0 Å². The van der Waals surface area contributed by atoms with E-state index in [1.165, 1.54) is 4.90 Å². The molecule has 0 saturated carbocycles. The molecule has 0 aliphatic carbocycles. The fourth-order valence-corrected chi connectivity index (χ4v) is 3.59. The van der Waals surface area contributed by atoms with Crippen molar-refractivity contribution in [1.82, 2.24) is 0 Å². The molecule has 0 fully saturated rings. The maximum Gasteiger partial charge on any atom is 0.338 e. The Morgan fingerprint density at radius 2 is 1.69 bits per heavy atom. The molecule has 2 amide bonds. The number of nitrogens with zero attached hydrogens (tertiary/aromatic N) is 1. The number of fused-ring (bicyclic) bond motifs is 2. The highest BCUT2D eigenvalue weighted by molar-refractivity contribution is 6.00. The standard InChI is InChI=1S/C23H20N2O4/c1-28-17-9-6-8-16(13-17)22(26)29-21-14-15-7-2-4-11-19(15)25(23(24)27)20-12-5-3-10-18(20)21/h2-13,21H,14H2,1H3,(H2,24,27). The second-order valence-electron chi connectivity index (χ2n) is 6.69. The Balaban J connectivity index is 1.76. The number of primary amides is 1. The van der Waals surface area contributed by atoms with Crippen molar-refractivity contribution in [1.29, 1.82) is 0 Å². The van der Waals surface area contributed by atoms with E-state index in [0.717, 1.165) is 11.1 Å². The molecule has 0 bridgehead atoms. The molecule has 1 aliphatic heterocycles. The maximum absolute atomic E-state index is 12.8. The van der Waals surface area contributed by atoms with Crippen molar-refractivity contribution in [3.63, 3.8) is 0 Å². The van der Waals surface area contributed by atoms with E-state index in [1.807, 2.05) is 42.5 Å². The molecule has 1 atom stereocenters. The van der Waals surface area contributed by atoms with Crippen molar-refractivity contribution in [3.05, 3.63) is 89.5 Å². The van der Waals surface area contributed by atoms with Crippen LogP contribution in [0, 0.1) is 0 Å². The number of amides is 2. The largest absolute Gasteiger partial charge is 0.497 e. The first-order valence-electron chi connectivity index (χ1n) is 9.20. The number of nitrogens with two attached hydrogens (primary N) is 1. The van der Waals surface area contributed by atoms with Gasteiger partial charge in [0.25, 0.3) is 0 Å². The molecule has 1 heterocycles. The number of benzene rings is 3. The fourth-order valence-electron chi connectivity index (χ4n) is 3.59. The number of esters is 1. The number of methoxy groups -OCH3 is 1. The van der Waals surface area contributed by atoms with Gasteiger partial charge in [0, 0.05) is 12.0 Å². The van der Waals surface area contributed by atoms with Crippen LogP contribution in [-0.2, 0) is 11.2 Å². The van der Waals surface area contributed by atoms with Gasteiger partial charge in [-0.1, -0.05) is 42.5 Å². The lowest BCUT2D eigenvalue weighted by Gasteiger charge is -2.23. The summed E-state index contributed by atoms with van der Waals surface area (Å²) in [6.45, 7) is 0. The number of ether oxygens (including phenoxy) is 2. The van der Waals surface area contributed by atoms with E-state index < -0.39 is 18.1 Å². The predicted octanol–water partition coefficient (Wildman–Crippen LogP) is 4.37. The van der Waals surface area contributed by atoms with Gasteiger partial charge < -0.3 is 15.2 Å². The summed E-state index contributed by atoms with van der Waals surface area (Å²) in [4.78, 5) is 26.6. The van der Waals surface area contributed by atoms with Crippen LogP contribution in [0.3, 0.4) is 0 Å². The number of para-hydroxylation sites is 2. The molecule has 0 aromatic heterocycles. The second-order valence-corrected chi connectivity index (χ2v) is 6.69. The number of rotatable bonds is 3. The highest BCUT2D eigenvalue weighted by atomic mass is 16.5. The van der Waals surface area contributed by atoms with Crippen LogP contribution in [-0.4, -0.2) is 19.1 Å². The van der Waals surface area contributed by atoms with Crippen LogP contribution in [0.5, 0.6) is 5.75 Å². The monoisotopic (exact) mass is 388 g/mol. The van der Waals surface area contributed by atoms with Gasteiger partial charge in [0.05, 0.1) is 24.0 Å². The third-order valence-electron chi connectivity index (χ3n) is 4.94. The van der Waals surface area contributed by atoms with Crippen molar-refractivity contribution >= 4 is 23.4 Å². The highest BCUT2D eigenvalue weighted by Gasteiger charge is 2.31. The zero-order chi connectivity index (χ0) is 20.4. The zero-order valence-electron chi connectivity index (χ0n) is 15.9. The topological polar surface area (TPSA) is 81.9 Å². The van der Waals surface area contributed by atoms with Crippen LogP contribution >= 0.6 is 0 Å². The minimum Gasteiger partial charge on any atom is -0.497 e. The number of carbonyl (C=O) groups excluding carboxylic acids is 2. The first-order valence-corrected chi connectivity index (χ1v) is 9.20. The Morgan fingerprint density at radius 3 is 2.45 bits per heavy atom. The van der Waals surface area contributed by atoms with Crippen LogP contribution in [0.4, 0.5) is 16.2 Å². The lowest BCUT2D eigenvalue weighted by atomic mass is 10.0. The summed E-state index contributed by atoms with van der Waals surface area (Å²) in [6, 6.07) is 21.0. The third-order valence-corrected chi connectivity index (χ3v) is 4.94. The predicted molar refractivity (Wildman–Crippen MR) is 109 cm³/mol. The first-order chi connectivity index (χ1) is 14.1. The summed E-state index contributed by atoms with van der Waals surface area (Å²) in [5.41, 5.74) is 8.98. The Kier molecular flexibility index (Phi) is 4.91. The second kappa shape index (κ2) is 7.67. The van der Waals surface area contributed by atoms with E-state index in [-0.39, 0.29) is 0 Å². The Morgan fingerprint density at radius 1 is 0.966 bits per heavy atom. The Hall–Kier alpha value is -3.80. The van der Waals surface area contributed by atoms with Crippen molar-refractivity contribution in [2.45, 2.75) is 12.5 Å². The molecule has 6 heteroatoms. The Bertz CT molecular complexity index is 1080. The quantitative estimate of drug-likeness (QED) is 0.676.